The summed E-state index contributed by atoms with van der Waals surface area (Å²) in [5.74, 6) is -0.0917. The number of nitrogens with two attached hydrogens (primary N) is 1. The Bertz CT molecular complexity index is 677. The molecule has 2 aromatic rings. The standard InChI is InChI=1S/C12H13N3O2/c1-14-9-5-4-8(13)6-10(9)15(12(14)17)11(16)7-2-3-7/h4-7H,2-3,13H2,1H3. The minimum absolute atomic E-state index is 0.0136. The molecule has 1 fully saturated rings. The third kappa shape index (κ3) is 1.39. The van der Waals surface area contributed by atoms with E-state index in [4.69, 9.17) is 5.73 Å². The number of carbonyl (C=O) groups excluding carboxylic acids is 1. The number of carbonyl (C=O) groups is 1. The fourth-order valence-corrected chi connectivity index (χ4v) is 2.09. The summed E-state index contributed by atoms with van der Waals surface area (Å²) in [5, 5.41) is 0. The van der Waals surface area contributed by atoms with E-state index in [1.54, 1.807) is 25.2 Å². The fourth-order valence-electron chi connectivity index (χ4n) is 2.09. The summed E-state index contributed by atoms with van der Waals surface area (Å²) in [6.07, 6.45) is 1.76. The second-order valence-corrected chi connectivity index (χ2v) is 4.54. The number of anilines is 1. The predicted octanol–water partition coefficient (Wildman–Crippen LogP) is 0.972. The topological polar surface area (TPSA) is 70.0 Å². The first kappa shape index (κ1) is 10.1. The highest BCUT2D eigenvalue weighted by Gasteiger charge is 2.33. The maximum Gasteiger partial charge on any atom is 0.335 e. The lowest BCUT2D eigenvalue weighted by Crippen LogP contribution is -2.28. The zero-order valence-electron chi connectivity index (χ0n) is 9.51. The first-order valence-corrected chi connectivity index (χ1v) is 5.61. The van der Waals surface area contributed by atoms with Gasteiger partial charge < -0.3 is 5.73 Å². The van der Waals surface area contributed by atoms with Crippen LogP contribution < -0.4 is 11.4 Å². The van der Waals surface area contributed by atoms with E-state index in [1.165, 1.54) is 9.13 Å². The number of hydrogen-bond acceptors (Lipinski definition) is 3. The van der Waals surface area contributed by atoms with E-state index in [0.717, 1.165) is 18.4 Å². The molecule has 1 aliphatic rings. The first-order chi connectivity index (χ1) is 8.09. The van der Waals surface area contributed by atoms with Crippen LogP contribution in [0.5, 0.6) is 0 Å². The van der Waals surface area contributed by atoms with Crippen molar-refractivity contribution in [2.45, 2.75) is 12.8 Å². The van der Waals surface area contributed by atoms with Gasteiger partial charge in [0, 0.05) is 18.7 Å². The molecule has 88 valence electrons. The highest BCUT2D eigenvalue weighted by atomic mass is 16.2. The lowest BCUT2D eigenvalue weighted by Gasteiger charge is -2.00. The number of fused-ring (bicyclic) bond motifs is 1. The predicted molar refractivity (Wildman–Crippen MR) is 64.9 cm³/mol. The molecular weight excluding hydrogens is 218 g/mol. The number of aryl methyl sites for hydroxylation is 1. The summed E-state index contributed by atoms with van der Waals surface area (Å²) in [6, 6.07) is 5.17. The van der Waals surface area contributed by atoms with Crippen LogP contribution in [0.25, 0.3) is 11.0 Å². The van der Waals surface area contributed by atoms with Gasteiger partial charge in [-0.25, -0.2) is 9.36 Å². The monoisotopic (exact) mass is 231 g/mol. The molecule has 0 radical (unpaired) electrons. The van der Waals surface area contributed by atoms with Crippen molar-refractivity contribution in [2.24, 2.45) is 13.0 Å². The van der Waals surface area contributed by atoms with Crippen LogP contribution in [0.3, 0.4) is 0 Å². The zero-order valence-corrected chi connectivity index (χ0v) is 9.51. The molecule has 5 nitrogen and oxygen atoms in total. The summed E-state index contributed by atoms with van der Waals surface area (Å²) < 4.78 is 2.73. The van der Waals surface area contributed by atoms with Crippen molar-refractivity contribution in [1.82, 2.24) is 9.13 Å². The Hall–Kier alpha value is -2.04. The quantitative estimate of drug-likeness (QED) is 0.743. The highest BCUT2D eigenvalue weighted by molar-refractivity contribution is 5.93. The number of benzene rings is 1. The van der Waals surface area contributed by atoms with Crippen molar-refractivity contribution in [3.05, 3.63) is 28.7 Å². The lowest BCUT2D eigenvalue weighted by atomic mass is 10.2. The van der Waals surface area contributed by atoms with Gasteiger partial charge in [-0.2, -0.15) is 0 Å². The first-order valence-electron chi connectivity index (χ1n) is 5.61. The summed E-state index contributed by atoms with van der Waals surface area (Å²) in [5.41, 5.74) is 7.32. The second-order valence-electron chi connectivity index (χ2n) is 4.54. The van der Waals surface area contributed by atoms with Crippen LogP contribution in [0.4, 0.5) is 5.69 Å². The van der Waals surface area contributed by atoms with Crippen molar-refractivity contribution in [2.75, 3.05) is 5.73 Å². The molecule has 5 heteroatoms. The van der Waals surface area contributed by atoms with E-state index in [-0.39, 0.29) is 17.5 Å². The normalized spacial score (nSPS) is 15.4. The van der Waals surface area contributed by atoms with Gasteiger partial charge in [0.15, 0.2) is 0 Å². The van der Waals surface area contributed by atoms with E-state index in [2.05, 4.69) is 0 Å². The summed E-state index contributed by atoms with van der Waals surface area (Å²) in [7, 11) is 1.66. The fraction of sp³-hybridized carbons (Fsp3) is 0.333. The number of nitrogens with zero attached hydrogens (tertiary/aromatic N) is 2. The van der Waals surface area contributed by atoms with Crippen molar-refractivity contribution in [3.63, 3.8) is 0 Å². The summed E-state index contributed by atoms with van der Waals surface area (Å²) in [4.78, 5) is 24.1. The Morgan fingerprint density at radius 1 is 1.35 bits per heavy atom. The molecule has 0 saturated heterocycles. The Morgan fingerprint density at radius 2 is 2.06 bits per heavy atom. The Kier molecular flexibility index (Phi) is 1.92. The molecule has 1 heterocycles. The van der Waals surface area contributed by atoms with Crippen LogP contribution in [0.2, 0.25) is 0 Å². The van der Waals surface area contributed by atoms with Crippen molar-refractivity contribution < 1.29 is 4.79 Å². The van der Waals surface area contributed by atoms with Crippen molar-refractivity contribution in [1.29, 1.82) is 0 Å². The minimum Gasteiger partial charge on any atom is -0.399 e. The Balaban J connectivity index is 2.35. The Labute approximate surface area is 97.4 Å². The van der Waals surface area contributed by atoms with Crippen LogP contribution in [0, 0.1) is 5.92 Å². The maximum absolute atomic E-state index is 12.1. The van der Waals surface area contributed by atoms with Gasteiger partial charge in [0.05, 0.1) is 11.0 Å². The molecule has 3 rings (SSSR count). The van der Waals surface area contributed by atoms with Crippen molar-refractivity contribution in [3.8, 4) is 0 Å². The highest BCUT2D eigenvalue weighted by Crippen LogP contribution is 2.31. The maximum atomic E-state index is 12.1. The van der Waals surface area contributed by atoms with E-state index < -0.39 is 0 Å². The smallest absolute Gasteiger partial charge is 0.335 e. The number of hydrogen-bond donors (Lipinski definition) is 1. The molecule has 0 amide bonds. The Morgan fingerprint density at radius 3 is 2.71 bits per heavy atom. The third-order valence-electron chi connectivity index (χ3n) is 3.23. The number of aromatic nitrogens is 2. The molecule has 17 heavy (non-hydrogen) atoms. The number of rotatable bonds is 1. The molecule has 1 aromatic heterocycles. The molecule has 0 unspecified atom stereocenters. The molecular formula is C12H13N3O2. The lowest BCUT2D eigenvalue weighted by molar-refractivity contribution is 0.0886. The molecule has 0 atom stereocenters. The molecule has 0 aliphatic heterocycles. The molecule has 1 aromatic carbocycles. The molecule has 1 saturated carbocycles. The van der Waals surface area contributed by atoms with E-state index in [9.17, 15) is 9.59 Å². The number of imidazole rings is 1. The van der Waals surface area contributed by atoms with Gasteiger partial charge in [-0.3, -0.25) is 9.36 Å². The van der Waals surface area contributed by atoms with E-state index in [0.29, 0.717) is 11.2 Å². The van der Waals surface area contributed by atoms with Crippen LogP contribution in [0.15, 0.2) is 23.0 Å². The molecule has 0 bridgehead atoms. The van der Waals surface area contributed by atoms with Crippen LogP contribution >= 0.6 is 0 Å². The zero-order chi connectivity index (χ0) is 12.2. The average molecular weight is 231 g/mol. The SMILES string of the molecule is Cn1c(=O)n(C(=O)C2CC2)c2cc(N)ccc21. The van der Waals surface area contributed by atoms with Gasteiger partial charge in [-0.1, -0.05) is 0 Å². The van der Waals surface area contributed by atoms with Gasteiger partial charge in [0.2, 0.25) is 5.91 Å². The van der Waals surface area contributed by atoms with Gasteiger partial charge in [-0.05, 0) is 31.0 Å². The summed E-state index contributed by atoms with van der Waals surface area (Å²) in [6.45, 7) is 0. The van der Waals surface area contributed by atoms with Crippen LogP contribution in [0.1, 0.15) is 17.6 Å². The number of nitrogen functional groups attached to an aromatic ring is 1. The molecule has 0 spiro atoms. The summed E-state index contributed by atoms with van der Waals surface area (Å²) >= 11 is 0. The van der Waals surface area contributed by atoms with Gasteiger partial charge in [-0.15, -0.1) is 0 Å². The van der Waals surface area contributed by atoms with Gasteiger partial charge in [0.1, 0.15) is 0 Å². The largest absolute Gasteiger partial charge is 0.399 e. The van der Waals surface area contributed by atoms with Crippen LogP contribution in [-0.4, -0.2) is 15.0 Å². The van der Waals surface area contributed by atoms with Crippen molar-refractivity contribution >= 4 is 22.6 Å². The van der Waals surface area contributed by atoms with E-state index in [1.807, 2.05) is 0 Å². The average Bonchev–Trinajstić information content (AvgIpc) is 3.09. The second kappa shape index (κ2) is 3.23. The van der Waals surface area contributed by atoms with Gasteiger partial charge >= 0.3 is 5.69 Å². The third-order valence-corrected chi connectivity index (χ3v) is 3.23. The van der Waals surface area contributed by atoms with Gasteiger partial charge in [0.25, 0.3) is 0 Å². The minimum atomic E-state index is -0.289. The molecule has 1 aliphatic carbocycles. The van der Waals surface area contributed by atoms with E-state index >= 15 is 0 Å². The van der Waals surface area contributed by atoms with Crippen LogP contribution in [-0.2, 0) is 7.05 Å². The molecule has 2 N–H and O–H groups in total.